The molecule has 2 nitrogen and oxygen atoms in total. The van der Waals surface area contributed by atoms with Gasteiger partial charge in [0, 0.05) is 0 Å². The van der Waals surface area contributed by atoms with Crippen LogP contribution in [0.4, 0.5) is 0 Å². The van der Waals surface area contributed by atoms with E-state index in [1.165, 1.54) is 5.56 Å². The Morgan fingerprint density at radius 2 is 2.16 bits per heavy atom. The lowest BCUT2D eigenvalue weighted by Crippen LogP contribution is -2.36. The molecule has 0 radical (unpaired) electrons. The van der Waals surface area contributed by atoms with Gasteiger partial charge >= 0.3 is 5.97 Å². The highest BCUT2D eigenvalue weighted by Gasteiger charge is 2.38. The largest absolute Gasteiger partial charge is 0.481 e. The third-order valence-electron chi connectivity index (χ3n) is 4.60. The summed E-state index contributed by atoms with van der Waals surface area (Å²) >= 11 is 1.70. The minimum Gasteiger partial charge on any atom is -0.481 e. The van der Waals surface area contributed by atoms with E-state index in [9.17, 15) is 9.90 Å². The van der Waals surface area contributed by atoms with Crippen LogP contribution in [0.3, 0.4) is 0 Å². The summed E-state index contributed by atoms with van der Waals surface area (Å²) in [5.74, 6) is 0.183. The van der Waals surface area contributed by atoms with Gasteiger partial charge < -0.3 is 5.11 Å². The fourth-order valence-corrected chi connectivity index (χ4v) is 3.99. The Morgan fingerprint density at radius 1 is 1.42 bits per heavy atom. The van der Waals surface area contributed by atoms with Crippen molar-refractivity contribution in [3.05, 3.63) is 22.4 Å². The second kappa shape index (κ2) is 5.66. The third kappa shape index (κ3) is 3.59. The Morgan fingerprint density at radius 3 is 2.68 bits per heavy atom. The van der Waals surface area contributed by atoms with Gasteiger partial charge in [0.2, 0.25) is 0 Å². The molecule has 0 amide bonds. The van der Waals surface area contributed by atoms with E-state index in [2.05, 4.69) is 37.6 Å². The van der Waals surface area contributed by atoms with Crippen molar-refractivity contribution >= 4 is 17.3 Å². The maximum Gasteiger partial charge on any atom is 0.306 e. The van der Waals surface area contributed by atoms with E-state index in [1.54, 1.807) is 11.3 Å². The SMILES string of the molecule is CC(C)(C)C1CCC(C(=O)O)C(Cc2ccsc2)C1. The maximum atomic E-state index is 11.5. The fourth-order valence-electron chi connectivity index (χ4n) is 3.31. The van der Waals surface area contributed by atoms with Crippen molar-refractivity contribution in [3.63, 3.8) is 0 Å². The number of carboxylic acids is 1. The molecule has 1 aliphatic carbocycles. The molecule has 1 aliphatic rings. The summed E-state index contributed by atoms with van der Waals surface area (Å²) in [4.78, 5) is 11.5. The van der Waals surface area contributed by atoms with Crippen LogP contribution < -0.4 is 0 Å². The van der Waals surface area contributed by atoms with Crippen LogP contribution in [0.15, 0.2) is 16.8 Å². The van der Waals surface area contributed by atoms with Crippen molar-refractivity contribution in [2.75, 3.05) is 0 Å². The van der Waals surface area contributed by atoms with Crippen molar-refractivity contribution in [3.8, 4) is 0 Å². The molecule has 1 aromatic rings. The molecule has 1 aromatic heterocycles. The smallest absolute Gasteiger partial charge is 0.306 e. The summed E-state index contributed by atoms with van der Waals surface area (Å²) in [5, 5.41) is 13.7. The van der Waals surface area contributed by atoms with E-state index in [0.29, 0.717) is 11.8 Å². The molecular formula is C16H24O2S. The first-order valence-corrected chi connectivity index (χ1v) is 8.06. The van der Waals surface area contributed by atoms with E-state index in [0.717, 1.165) is 25.7 Å². The van der Waals surface area contributed by atoms with Crippen molar-refractivity contribution in [2.45, 2.75) is 46.5 Å². The maximum absolute atomic E-state index is 11.5. The molecule has 1 fully saturated rings. The van der Waals surface area contributed by atoms with Crippen LogP contribution in [-0.4, -0.2) is 11.1 Å². The first-order valence-electron chi connectivity index (χ1n) is 7.12. The van der Waals surface area contributed by atoms with Crippen molar-refractivity contribution < 1.29 is 9.90 Å². The normalized spacial score (nSPS) is 28.3. The van der Waals surface area contributed by atoms with Crippen LogP contribution >= 0.6 is 11.3 Å². The molecule has 3 atom stereocenters. The van der Waals surface area contributed by atoms with Crippen LogP contribution in [0, 0.1) is 23.2 Å². The summed E-state index contributed by atoms with van der Waals surface area (Å²) in [5.41, 5.74) is 1.59. The molecule has 19 heavy (non-hydrogen) atoms. The number of carboxylic acid groups (broad SMARTS) is 1. The topological polar surface area (TPSA) is 37.3 Å². The highest BCUT2D eigenvalue weighted by atomic mass is 32.1. The highest BCUT2D eigenvalue weighted by Crippen LogP contribution is 2.44. The van der Waals surface area contributed by atoms with Gasteiger partial charge in [-0.05, 0) is 65.3 Å². The standard InChI is InChI=1S/C16H24O2S/c1-16(2,3)13-4-5-14(15(17)18)12(9-13)8-11-6-7-19-10-11/h6-7,10,12-14H,4-5,8-9H2,1-3H3,(H,17,18). The van der Waals surface area contributed by atoms with Gasteiger partial charge in [0.25, 0.3) is 0 Å². The third-order valence-corrected chi connectivity index (χ3v) is 5.33. The molecule has 0 aliphatic heterocycles. The average molecular weight is 280 g/mol. The number of hydrogen-bond acceptors (Lipinski definition) is 2. The molecule has 2 rings (SSSR count). The van der Waals surface area contributed by atoms with Gasteiger partial charge in [-0.15, -0.1) is 0 Å². The lowest BCUT2D eigenvalue weighted by Gasteiger charge is -2.40. The molecule has 0 bridgehead atoms. The van der Waals surface area contributed by atoms with Crippen molar-refractivity contribution in [1.29, 1.82) is 0 Å². The van der Waals surface area contributed by atoms with Crippen molar-refractivity contribution in [1.82, 2.24) is 0 Å². The van der Waals surface area contributed by atoms with Crippen LogP contribution in [0.1, 0.15) is 45.6 Å². The summed E-state index contributed by atoms with van der Waals surface area (Å²) in [6.45, 7) is 6.83. The van der Waals surface area contributed by atoms with Gasteiger partial charge in [-0.25, -0.2) is 0 Å². The predicted octanol–water partition coefficient (Wildman–Crippen LogP) is 4.45. The molecule has 3 unspecified atom stereocenters. The van der Waals surface area contributed by atoms with E-state index in [4.69, 9.17) is 0 Å². The fraction of sp³-hybridized carbons (Fsp3) is 0.688. The molecule has 1 heterocycles. The minimum absolute atomic E-state index is 0.154. The number of aliphatic carboxylic acids is 1. The van der Waals surface area contributed by atoms with E-state index < -0.39 is 5.97 Å². The minimum atomic E-state index is -0.604. The molecule has 0 spiro atoms. The quantitative estimate of drug-likeness (QED) is 0.888. The van der Waals surface area contributed by atoms with Crippen LogP contribution in [-0.2, 0) is 11.2 Å². The summed E-state index contributed by atoms with van der Waals surface area (Å²) in [6.07, 6.45) is 3.87. The Hall–Kier alpha value is -0.830. The van der Waals surface area contributed by atoms with Crippen LogP contribution in [0.2, 0.25) is 0 Å². The monoisotopic (exact) mass is 280 g/mol. The second-order valence-electron chi connectivity index (χ2n) is 6.92. The first kappa shape index (κ1) is 14.6. The summed E-state index contributed by atoms with van der Waals surface area (Å²) < 4.78 is 0. The molecule has 3 heteroatoms. The lowest BCUT2D eigenvalue weighted by molar-refractivity contribution is -0.146. The van der Waals surface area contributed by atoms with Crippen molar-refractivity contribution in [2.24, 2.45) is 23.2 Å². The molecule has 0 saturated heterocycles. The zero-order chi connectivity index (χ0) is 14.0. The van der Waals surface area contributed by atoms with Gasteiger partial charge in [0.1, 0.15) is 0 Å². The van der Waals surface area contributed by atoms with Crippen LogP contribution in [0.25, 0.3) is 0 Å². The Bertz CT molecular complexity index is 416. The van der Waals surface area contributed by atoms with E-state index in [-0.39, 0.29) is 11.3 Å². The van der Waals surface area contributed by atoms with Gasteiger partial charge in [0.05, 0.1) is 5.92 Å². The Kier molecular flexibility index (Phi) is 4.34. The zero-order valence-corrected chi connectivity index (χ0v) is 12.9. The van der Waals surface area contributed by atoms with Gasteiger partial charge in [0.15, 0.2) is 0 Å². The summed E-state index contributed by atoms with van der Waals surface area (Å²) in [6, 6.07) is 2.13. The highest BCUT2D eigenvalue weighted by molar-refractivity contribution is 7.07. The first-order chi connectivity index (χ1) is 8.88. The molecular weight excluding hydrogens is 256 g/mol. The predicted molar refractivity (Wildman–Crippen MR) is 79.4 cm³/mol. The zero-order valence-electron chi connectivity index (χ0n) is 12.1. The average Bonchev–Trinajstić information content (AvgIpc) is 2.80. The summed E-state index contributed by atoms with van der Waals surface area (Å²) in [7, 11) is 0. The van der Waals surface area contributed by atoms with E-state index >= 15 is 0 Å². The Labute approximate surface area is 119 Å². The van der Waals surface area contributed by atoms with Crippen LogP contribution in [0.5, 0.6) is 0 Å². The molecule has 1 saturated carbocycles. The molecule has 0 aromatic carbocycles. The molecule has 106 valence electrons. The number of thiophene rings is 1. The molecule has 1 N–H and O–H groups in total. The van der Waals surface area contributed by atoms with E-state index in [1.807, 2.05) is 0 Å². The number of hydrogen-bond donors (Lipinski definition) is 1. The second-order valence-corrected chi connectivity index (χ2v) is 7.70. The van der Waals surface area contributed by atoms with Gasteiger partial charge in [-0.3, -0.25) is 4.79 Å². The number of rotatable bonds is 3. The number of carbonyl (C=O) groups is 1. The van der Waals surface area contributed by atoms with Gasteiger partial charge in [-0.2, -0.15) is 11.3 Å². The lowest BCUT2D eigenvalue weighted by atomic mass is 9.64. The Balaban J connectivity index is 2.11. The van der Waals surface area contributed by atoms with Gasteiger partial charge in [-0.1, -0.05) is 20.8 Å².